The van der Waals surface area contributed by atoms with Crippen molar-refractivity contribution in [2.24, 2.45) is 0 Å². The minimum Gasteiger partial charge on any atom is -0.329 e. The number of hydrogen-bond donors (Lipinski definition) is 0. The van der Waals surface area contributed by atoms with E-state index in [1.165, 1.54) is 0 Å². The third-order valence-corrected chi connectivity index (χ3v) is 7.85. The highest BCUT2D eigenvalue weighted by molar-refractivity contribution is 7.91. The average Bonchev–Trinajstić information content (AvgIpc) is 3.47. The number of para-hydroxylation sites is 1. The smallest absolute Gasteiger partial charge is 0.273 e. The van der Waals surface area contributed by atoms with Crippen molar-refractivity contribution < 1.29 is 13.2 Å². The summed E-state index contributed by atoms with van der Waals surface area (Å²) < 4.78 is 26.2. The van der Waals surface area contributed by atoms with E-state index in [1.54, 1.807) is 15.6 Å². The molecule has 1 atom stereocenters. The van der Waals surface area contributed by atoms with Crippen molar-refractivity contribution in [3.63, 3.8) is 0 Å². The van der Waals surface area contributed by atoms with Crippen molar-refractivity contribution in [3.8, 4) is 16.9 Å². The first-order valence-corrected chi connectivity index (χ1v) is 13.1. The standard InChI is InChI=1S/C27H25N3O3S/c31-27(29(19-21-10-4-1-5-11-21)24-16-17-34(32,33)20-24)26-18-25(22-12-6-2-7-13-22)28-30(26)23-14-8-3-9-15-23/h1-15,18,24H,16-17,19-20H2. The quantitative estimate of drug-likeness (QED) is 0.419. The van der Waals surface area contributed by atoms with Gasteiger partial charge in [0.2, 0.25) is 0 Å². The predicted molar refractivity (Wildman–Crippen MR) is 132 cm³/mol. The largest absolute Gasteiger partial charge is 0.329 e. The topological polar surface area (TPSA) is 72.3 Å². The Balaban J connectivity index is 1.59. The Labute approximate surface area is 199 Å². The zero-order valence-corrected chi connectivity index (χ0v) is 19.4. The number of benzene rings is 3. The number of amides is 1. The molecule has 1 aliphatic rings. The molecule has 1 aromatic heterocycles. The first kappa shape index (κ1) is 22.1. The summed E-state index contributed by atoms with van der Waals surface area (Å²) in [5.74, 6) is -0.149. The number of sulfone groups is 1. The maximum atomic E-state index is 14.1. The van der Waals surface area contributed by atoms with Gasteiger partial charge in [-0.05, 0) is 30.2 Å². The number of nitrogens with zero attached hydrogens (tertiary/aromatic N) is 3. The molecule has 1 unspecified atom stereocenters. The summed E-state index contributed by atoms with van der Waals surface area (Å²) in [7, 11) is -3.16. The van der Waals surface area contributed by atoms with Gasteiger partial charge >= 0.3 is 0 Å². The van der Waals surface area contributed by atoms with Gasteiger partial charge in [0.25, 0.3) is 5.91 Å². The summed E-state index contributed by atoms with van der Waals surface area (Å²) in [5, 5.41) is 4.77. The minimum absolute atomic E-state index is 0.0173. The molecule has 3 aromatic carbocycles. The van der Waals surface area contributed by atoms with Crippen molar-refractivity contribution in [3.05, 3.63) is 108 Å². The summed E-state index contributed by atoms with van der Waals surface area (Å²) >= 11 is 0. The lowest BCUT2D eigenvalue weighted by Gasteiger charge is -2.28. The van der Waals surface area contributed by atoms with E-state index in [1.807, 2.05) is 91.0 Å². The number of hydrogen-bond acceptors (Lipinski definition) is 4. The van der Waals surface area contributed by atoms with Crippen molar-refractivity contribution in [1.82, 2.24) is 14.7 Å². The molecule has 1 amide bonds. The molecule has 0 spiro atoms. The lowest BCUT2D eigenvalue weighted by atomic mass is 10.1. The zero-order chi connectivity index (χ0) is 23.5. The van der Waals surface area contributed by atoms with Crippen LogP contribution >= 0.6 is 0 Å². The number of carbonyl (C=O) groups is 1. The average molecular weight is 472 g/mol. The second-order valence-corrected chi connectivity index (χ2v) is 10.7. The highest BCUT2D eigenvalue weighted by Gasteiger charge is 2.36. The Bertz CT molecular complexity index is 1390. The molecule has 0 bridgehead atoms. The predicted octanol–water partition coefficient (Wildman–Crippen LogP) is 4.37. The Hall–Kier alpha value is -3.71. The van der Waals surface area contributed by atoms with Gasteiger partial charge in [0.05, 0.1) is 22.9 Å². The fourth-order valence-electron chi connectivity index (χ4n) is 4.36. The Morgan fingerprint density at radius 2 is 1.53 bits per heavy atom. The Kier molecular flexibility index (Phi) is 6.02. The van der Waals surface area contributed by atoms with Crippen LogP contribution in [0.5, 0.6) is 0 Å². The number of carbonyl (C=O) groups excluding carboxylic acids is 1. The van der Waals surface area contributed by atoms with Crippen LogP contribution < -0.4 is 0 Å². The van der Waals surface area contributed by atoms with E-state index in [9.17, 15) is 13.2 Å². The lowest BCUT2D eigenvalue weighted by molar-refractivity contribution is 0.0671. The van der Waals surface area contributed by atoms with Gasteiger partial charge in [0.15, 0.2) is 9.84 Å². The molecule has 0 N–H and O–H groups in total. The zero-order valence-electron chi connectivity index (χ0n) is 18.6. The van der Waals surface area contributed by atoms with E-state index in [-0.39, 0.29) is 23.5 Å². The molecular formula is C27H25N3O3S. The molecule has 0 aliphatic carbocycles. The molecule has 1 saturated heterocycles. The summed E-state index contributed by atoms with van der Waals surface area (Å²) in [4.78, 5) is 15.8. The van der Waals surface area contributed by atoms with Crippen molar-refractivity contribution in [2.45, 2.75) is 19.0 Å². The van der Waals surface area contributed by atoms with Gasteiger partial charge < -0.3 is 4.90 Å². The second-order valence-electron chi connectivity index (χ2n) is 8.50. The monoisotopic (exact) mass is 471 g/mol. The fraction of sp³-hybridized carbons (Fsp3) is 0.185. The van der Waals surface area contributed by atoms with Crippen LogP contribution in [-0.2, 0) is 16.4 Å². The SMILES string of the molecule is O=C(c1cc(-c2ccccc2)nn1-c1ccccc1)N(Cc1ccccc1)C1CCS(=O)(=O)C1. The molecule has 4 aromatic rings. The summed E-state index contributed by atoms with van der Waals surface area (Å²) in [6.45, 7) is 0.334. The lowest BCUT2D eigenvalue weighted by Crippen LogP contribution is -2.41. The van der Waals surface area contributed by atoms with Crippen LogP contribution in [0.2, 0.25) is 0 Å². The van der Waals surface area contributed by atoms with Crippen LogP contribution in [0, 0.1) is 0 Å². The Morgan fingerprint density at radius 3 is 2.15 bits per heavy atom. The maximum Gasteiger partial charge on any atom is 0.273 e. The normalized spacial score (nSPS) is 16.9. The van der Waals surface area contributed by atoms with Crippen molar-refractivity contribution in [1.29, 1.82) is 0 Å². The van der Waals surface area contributed by atoms with Crippen molar-refractivity contribution in [2.75, 3.05) is 11.5 Å². The Morgan fingerprint density at radius 1 is 0.912 bits per heavy atom. The van der Waals surface area contributed by atoms with Crippen LogP contribution in [-0.4, -0.2) is 46.6 Å². The van der Waals surface area contributed by atoms with Gasteiger partial charge in [0, 0.05) is 18.2 Å². The summed E-state index contributed by atoms with van der Waals surface area (Å²) in [6.07, 6.45) is 0.436. The van der Waals surface area contributed by atoms with Crippen LogP contribution in [0.15, 0.2) is 97.1 Å². The second kappa shape index (κ2) is 9.27. The van der Waals surface area contributed by atoms with E-state index in [0.717, 1.165) is 16.8 Å². The van der Waals surface area contributed by atoms with Gasteiger partial charge in [-0.25, -0.2) is 13.1 Å². The van der Waals surface area contributed by atoms with Crippen LogP contribution in [0.4, 0.5) is 0 Å². The highest BCUT2D eigenvalue weighted by Crippen LogP contribution is 2.26. The highest BCUT2D eigenvalue weighted by atomic mass is 32.2. The molecule has 5 rings (SSSR count). The van der Waals surface area contributed by atoms with Crippen LogP contribution in [0.1, 0.15) is 22.5 Å². The summed E-state index contributed by atoms with van der Waals surface area (Å²) in [6, 6.07) is 30.3. The first-order chi connectivity index (χ1) is 16.5. The molecule has 34 heavy (non-hydrogen) atoms. The van der Waals surface area contributed by atoms with E-state index >= 15 is 0 Å². The molecule has 0 radical (unpaired) electrons. The third kappa shape index (κ3) is 4.65. The van der Waals surface area contributed by atoms with Crippen LogP contribution in [0.3, 0.4) is 0 Å². The molecule has 6 nitrogen and oxygen atoms in total. The molecular weight excluding hydrogens is 446 g/mol. The van der Waals surface area contributed by atoms with Crippen molar-refractivity contribution >= 4 is 15.7 Å². The van der Waals surface area contributed by atoms with Crippen LogP contribution in [0.25, 0.3) is 16.9 Å². The number of aromatic nitrogens is 2. The molecule has 1 fully saturated rings. The van der Waals surface area contributed by atoms with Gasteiger partial charge in [-0.15, -0.1) is 0 Å². The van der Waals surface area contributed by atoms with E-state index in [2.05, 4.69) is 0 Å². The van der Waals surface area contributed by atoms with E-state index in [4.69, 9.17) is 5.10 Å². The number of rotatable bonds is 6. The van der Waals surface area contributed by atoms with E-state index in [0.29, 0.717) is 24.4 Å². The van der Waals surface area contributed by atoms with Gasteiger partial charge in [-0.1, -0.05) is 78.9 Å². The van der Waals surface area contributed by atoms with Gasteiger partial charge in [0.1, 0.15) is 5.69 Å². The molecule has 172 valence electrons. The molecule has 7 heteroatoms. The molecule has 2 heterocycles. The van der Waals surface area contributed by atoms with E-state index < -0.39 is 9.84 Å². The maximum absolute atomic E-state index is 14.1. The van der Waals surface area contributed by atoms with Gasteiger partial charge in [-0.3, -0.25) is 4.79 Å². The third-order valence-electron chi connectivity index (χ3n) is 6.10. The first-order valence-electron chi connectivity index (χ1n) is 11.3. The van der Waals surface area contributed by atoms with Gasteiger partial charge in [-0.2, -0.15) is 5.10 Å². The molecule has 0 saturated carbocycles. The molecule has 1 aliphatic heterocycles. The fourth-order valence-corrected chi connectivity index (χ4v) is 6.10. The minimum atomic E-state index is -3.16. The summed E-state index contributed by atoms with van der Waals surface area (Å²) in [5.41, 5.74) is 3.72.